The third kappa shape index (κ3) is 6.02. The molecule has 9 nitrogen and oxygen atoms in total. The molecule has 0 saturated carbocycles. The fourth-order valence-electron chi connectivity index (χ4n) is 5.68. The van der Waals surface area contributed by atoms with Gasteiger partial charge in [0, 0.05) is 22.2 Å². The Bertz CT molecular complexity index is 2260. The minimum Gasteiger partial charge on any atom is -0.496 e. The lowest BCUT2D eigenvalue weighted by molar-refractivity contribution is -0.139. The molecule has 1 aliphatic rings. The molecule has 1 aliphatic heterocycles. The van der Waals surface area contributed by atoms with Gasteiger partial charge in [0.05, 0.1) is 41.2 Å². The van der Waals surface area contributed by atoms with Crippen LogP contribution in [0.5, 0.6) is 5.75 Å². The van der Waals surface area contributed by atoms with Crippen molar-refractivity contribution in [3.05, 3.63) is 120 Å². The van der Waals surface area contributed by atoms with Gasteiger partial charge in [-0.1, -0.05) is 53.3 Å². The number of hydrogen-bond acceptors (Lipinski definition) is 9. The van der Waals surface area contributed by atoms with E-state index in [9.17, 15) is 14.4 Å². The number of benzene rings is 3. The number of carbonyl (C=O) groups is 2. The minimum absolute atomic E-state index is 0.157. The minimum atomic E-state index is -0.873. The van der Waals surface area contributed by atoms with Crippen molar-refractivity contribution >= 4 is 51.7 Å². The largest absolute Gasteiger partial charge is 0.496 e. The van der Waals surface area contributed by atoms with E-state index in [1.807, 2.05) is 36.4 Å². The average Bonchev–Trinajstić information content (AvgIpc) is 3.63. The monoisotopic (exact) mass is 670 g/mol. The lowest BCUT2D eigenvalue weighted by atomic mass is 9.90. The van der Waals surface area contributed by atoms with E-state index in [1.165, 1.54) is 15.9 Å². The highest BCUT2D eigenvalue weighted by atomic mass is 35.5. The second kappa shape index (κ2) is 13.1. The molecule has 0 bridgehead atoms. The van der Waals surface area contributed by atoms with Gasteiger partial charge >= 0.3 is 11.9 Å². The molecule has 0 saturated heterocycles. The predicted octanol–water partition coefficient (Wildman–Crippen LogP) is 6.44. The van der Waals surface area contributed by atoms with E-state index in [0.29, 0.717) is 54.0 Å². The van der Waals surface area contributed by atoms with Crippen molar-refractivity contribution in [3.8, 4) is 17.1 Å². The normalized spacial score (nSPS) is 14.7. The highest BCUT2D eigenvalue weighted by Crippen LogP contribution is 2.40. The summed E-state index contributed by atoms with van der Waals surface area (Å²) in [5.74, 6) is 0.195. The fraction of sp³-hybridized carbons (Fsp3) is 0.222. The third-order valence-electron chi connectivity index (χ3n) is 7.65. The molecule has 1 atom stereocenters. The number of ether oxygens (including phenoxy) is 3. The zero-order valence-corrected chi connectivity index (χ0v) is 27.9. The van der Waals surface area contributed by atoms with Crippen LogP contribution in [0.25, 0.3) is 28.2 Å². The highest BCUT2D eigenvalue weighted by molar-refractivity contribution is 7.07. The maximum Gasteiger partial charge on any atom is 0.339 e. The van der Waals surface area contributed by atoms with E-state index in [0.717, 1.165) is 10.8 Å². The van der Waals surface area contributed by atoms with Crippen molar-refractivity contribution in [2.45, 2.75) is 39.8 Å². The molecular weight excluding hydrogens is 640 g/mol. The van der Waals surface area contributed by atoms with Crippen LogP contribution in [0.15, 0.2) is 92.2 Å². The average molecular weight is 671 g/mol. The Morgan fingerprint density at radius 3 is 2.62 bits per heavy atom. The number of furan rings is 1. The van der Waals surface area contributed by atoms with E-state index in [1.54, 1.807) is 71.2 Å². The maximum absolute atomic E-state index is 14.3. The van der Waals surface area contributed by atoms with E-state index >= 15 is 0 Å². The quantitative estimate of drug-likeness (QED) is 0.175. The highest BCUT2D eigenvalue weighted by Gasteiger charge is 2.36. The fourth-order valence-corrected chi connectivity index (χ4v) is 6.88. The topological polar surface area (TPSA) is 109 Å². The van der Waals surface area contributed by atoms with Gasteiger partial charge in [-0.2, -0.15) is 0 Å². The predicted molar refractivity (Wildman–Crippen MR) is 181 cm³/mol. The van der Waals surface area contributed by atoms with Crippen LogP contribution in [0.4, 0.5) is 0 Å². The van der Waals surface area contributed by atoms with Crippen molar-refractivity contribution in [3.63, 3.8) is 0 Å². The molecule has 0 N–H and O–H groups in total. The van der Waals surface area contributed by atoms with Gasteiger partial charge in [-0.15, -0.1) is 0 Å². The van der Waals surface area contributed by atoms with Gasteiger partial charge in [-0.3, -0.25) is 9.36 Å². The summed E-state index contributed by atoms with van der Waals surface area (Å²) in [5.41, 5.74) is 1.74. The summed E-state index contributed by atoms with van der Waals surface area (Å²) in [5, 5.41) is 2.17. The lowest BCUT2D eigenvalue weighted by Crippen LogP contribution is -2.40. The number of methoxy groups -OCH3 is 1. The summed E-state index contributed by atoms with van der Waals surface area (Å²) in [4.78, 5) is 45.7. The van der Waals surface area contributed by atoms with E-state index < -0.39 is 18.0 Å². The first-order valence-corrected chi connectivity index (χ1v) is 16.2. The molecule has 47 heavy (non-hydrogen) atoms. The summed E-state index contributed by atoms with van der Waals surface area (Å²) in [7, 11) is 1.56. The van der Waals surface area contributed by atoms with Crippen LogP contribution in [0.2, 0.25) is 5.02 Å². The number of nitrogens with zero attached hydrogens (tertiary/aromatic N) is 2. The number of esters is 2. The molecule has 3 heterocycles. The molecule has 0 amide bonds. The number of halogens is 1. The summed E-state index contributed by atoms with van der Waals surface area (Å²) in [6, 6.07) is 18.9. The molecule has 0 radical (unpaired) electrons. The van der Waals surface area contributed by atoms with Gasteiger partial charge in [-0.05, 0) is 74.9 Å². The number of fused-ring (bicyclic) bond motifs is 2. The van der Waals surface area contributed by atoms with Crippen LogP contribution in [0, 0.1) is 0 Å². The van der Waals surface area contributed by atoms with Crippen LogP contribution in [0.3, 0.4) is 0 Å². The number of carbonyl (C=O) groups excluding carboxylic acids is 2. The Hall–Kier alpha value is -4.93. The van der Waals surface area contributed by atoms with Crippen molar-refractivity contribution in [1.29, 1.82) is 0 Å². The Labute approximate surface area is 279 Å². The number of aromatic nitrogens is 1. The van der Waals surface area contributed by atoms with E-state index in [4.69, 9.17) is 30.2 Å². The smallest absolute Gasteiger partial charge is 0.339 e. The van der Waals surface area contributed by atoms with Crippen LogP contribution in [0.1, 0.15) is 55.4 Å². The van der Waals surface area contributed by atoms with Crippen molar-refractivity contribution in [1.82, 2.24) is 4.57 Å². The molecule has 11 heteroatoms. The lowest BCUT2D eigenvalue weighted by Gasteiger charge is -2.27. The first-order valence-electron chi connectivity index (χ1n) is 15.0. The molecule has 6 rings (SSSR count). The number of hydrogen-bond donors (Lipinski definition) is 0. The van der Waals surface area contributed by atoms with Crippen LogP contribution in [-0.2, 0) is 14.3 Å². The summed E-state index contributed by atoms with van der Waals surface area (Å²) >= 11 is 7.45. The van der Waals surface area contributed by atoms with Gasteiger partial charge < -0.3 is 18.6 Å². The molecule has 240 valence electrons. The van der Waals surface area contributed by atoms with Gasteiger partial charge in [0.15, 0.2) is 4.80 Å². The zero-order valence-electron chi connectivity index (χ0n) is 26.3. The van der Waals surface area contributed by atoms with E-state index in [2.05, 4.69) is 4.99 Å². The molecule has 0 fully saturated rings. The second-order valence-corrected chi connectivity index (χ2v) is 12.5. The van der Waals surface area contributed by atoms with Gasteiger partial charge in [0.2, 0.25) is 0 Å². The van der Waals surface area contributed by atoms with E-state index in [-0.39, 0.29) is 23.8 Å². The summed E-state index contributed by atoms with van der Waals surface area (Å²) in [6.07, 6.45) is 1.31. The first-order chi connectivity index (χ1) is 22.6. The molecule has 0 unspecified atom stereocenters. The summed E-state index contributed by atoms with van der Waals surface area (Å²) in [6.45, 7) is 7.16. The molecule has 0 aliphatic carbocycles. The Morgan fingerprint density at radius 1 is 1.09 bits per heavy atom. The Balaban J connectivity index is 1.52. The summed E-state index contributed by atoms with van der Waals surface area (Å²) < 4.78 is 24.7. The second-order valence-electron chi connectivity index (χ2n) is 11.1. The van der Waals surface area contributed by atoms with Crippen molar-refractivity contribution in [2.75, 3.05) is 13.7 Å². The van der Waals surface area contributed by atoms with Crippen molar-refractivity contribution in [2.24, 2.45) is 4.99 Å². The number of allylic oxidation sites excluding steroid dienone is 1. The van der Waals surface area contributed by atoms with Crippen LogP contribution < -0.4 is 19.6 Å². The van der Waals surface area contributed by atoms with Gasteiger partial charge in [-0.25, -0.2) is 14.6 Å². The van der Waals surface area contributed by atoms with Gasteiger partial charge in [0.1, 0.15) is 23.3 Å². The number of thiazole rings is 1. The third-order valence-corrected chi connectivity index (χ3v) is 8.87. The van der Waals surface area contributed by atoms with Gasteiger partial charge in [0.25, 0.3) is 5.56 Å². The first kappa shape index (κ1) is 32.0. The molecule has 0 spiro atoms. The number of rotatable bonds is 8. The van der Waals surface area contributed by atoms with Crippen molar-refractivity contribution < 1.29 is 28.2 Å². The van der Waals surface area contributed by atoms with Crippen LogP contribution >= 0.6 is 22.9 Å². The molecule has 2 aromatic heterocycles. The molecular formula is C36H31ClN2O7S. The SMILES string of the molecule is CCOC(=O)C1=C(C)N=c2s/c(=C/c3ccc(-c4cc(Cl)ccc4C(=O)OC(C)C)o3)c(=O)n2[C@@H]1c1c(OC)ccc2ccccc12. The van der Waals surface area contributed by atoms with Crippen LogP contribution in [-0.4, -0.2) is 36.3 Å². The molecule has 5 aromatic rings. The Morgan fingerprint density at radius 2 is 1.87 bits per heavy atom. The maximum atomic E-state index is 14.3. The Kier molecular flexibility index (Phi) is 8.90. The molecule has 3 aromatic carbocycles. The standard InChI is InChI=1S/C36H31ClN2O7S/c1-6-44-35(42)30-20(4)38-36-39(32(30)31-24-10-8-7-9-21(24)11-15-28(31)43-5)33(40)29(47-36)18-23-13-16-27(46-23)26-17-22(37)12-14-25(26)34(41)45-19(2)3/h7-19,32H,6H2,1-5H3/b29-18+/t32-/m0/s1. The zero-order chi connectivity index (χ0) is 33.4.